The van der Waals surface area contributed by atoms with E-state index in [9.17, 15) is 0 Å². The van der Waals surface area contributed by atoms with Crippen molar-refractivity contribution in [2.45, 2.75) is 6.92 Å². The predicted octanol–water partition coefficient (Wildman–Crippen LogP) is 0.0116. The van der Waals surface area contributed by atoms with Crippen LogP contribution in [0.4, 0.5) is 0 Å². The molecule has 0 bridgehead atoms. The second-order valence-corrected chi connectivity index (χ2v) is 1.16. The summed E-state index contributed by atoms with van der Waals surface area (Å²) in [4.78, 5) is 3.69. The Kier molecular flexibility index (Phi) is 2.96. The van der Waals surface area contributed by atoms with Gasteiger partial charge in [0, 0.05) is 5.70 Å². The van der Waals surface area contributed by atoms with Gasteiger partial charge in [-0.25, -0.2) is 10.8 Å². The fourth-order valence-electron chi connectivity index (χ4n) is 0.147. The first-order valence-electron chi connectivity index (χ1n) is 1.91. The molecule has 0 aromatic carbocycles. The largest absolute Gasteiger partial charge is 0.315 e. The molecule has 0 atom stereocenters. The van der Waals surface area contributed by atoms with Crippen LogP contribution in [-0.4, -0.2) is 6.34 Å². The van der Waals surface area contributed by atoms with Crippen molar-refractivity contribution in [1.29, 1.82) is 0 Å². The van der Waals surface area contributed by atoms with E-state index in [0.717, 1.165) is 5.70 Å². The van der Waals surface area contributed by atoms with Gasteiger partial charge in [0.05, 0.1) is 0 Å². The lowest BCUT2D eigenvalue weighted by atomic mass is 10.6. The molecule has 0 aliphatic carbocycles. The molecular formula is C4H9N3. The number of rotatable bonds is 2. The Labute approximate surface area is 42.9 Å². The van der Waals surface area contributed by atoms with E-state index in [-0.39, 0.29) is 0 Å². The van der Waals surface area contributed by atoms with Gasteiger partial charge in [-0.2, -0.15) is 0 Å². The first-order valence-corrected chi connectivity index (χ1v) is 1.91. The SMILES string of the molecule is C=C(C)N=CNN. The number of hydrogen-bond donors (Lipinski definition) is 2. The fourth-order valence-corrected chi connectivity index (χ4v) is 0.147. The van der Waals surface area contributed by atoms with Gasteiger partial charge < -0.3 is 5.43 Å². The van der Waals surface area contributed by atoms with Crippen LogP contribution in [0.3, 0.4) is 0 Å². The molecule has 40 valence electrons. The average Bonchev–Trinajstić information content (AvgIpc) is 1.61. The highest BCUT2D eigenvalue weighted by atomic mass is 15.2. The van der Waals surface area contributed by atoms with E-state index in [0.29, 0.717) is 0 Å². The summed E-state index contributed by atoms with van der Waals surface area (Å²) in [6.07, 6.45) is 1.38. The molecule has 0 unspecified atom stereocenters. The van der Waals surface area contributed by atoms with E-state index < -0.39 is 0 Å². The molecule has 7 heavy (non-hydrogen) atoms. The molecule has 0 heterocycles. The fraction of sp³-hybridized carbons (Fsp3) is 0.250. The Morgan fingerprint density at radius 2 is 2.57 bits per heavy atom. The second kappa shape index (κ2) is 3.36. The van der Waals surface area contributed by atoms with Gasteiger partial charge in [-0.3, -0.25) is 0 Å². The molecule has 3 N–H and O–H groups in total. The van der Waals surface area contributed by atoms with Crippen LogP contribution in [0.2, 0.25) is 0 Å². The van der Waals surface area contributed by atoms with E-state index in [2.05, 4.69) is 17.0 Å². The highest BCUT2D eigenvalue weighted by Gasteiger charge is 1.67. The monoisotopic (exact) mass is 99.1 g/mol. The lowest BCUT2D eigenvalue weighted by Gasteiger charge is -1.83. The number of nitrogens with one attached hydrogen (secondary N) is 1. The summed E-state index contributed by atoms with van der Waals surface area (Å²) in [6, 6.07) is 0. The maximum absolute atomic E-state index is 4.84. The Morgan fingerprint density at radius 1 is 2.00 bits per heavy atom. The molecule has 0 aliphatic rings. The summed E-state index contributed by atoms with van der Waals surface area (Å²) < 4.78 is 0. The highest BCUT2D eigenvalue weighted by Crippen LogP contribution is 1.81. The highest BCUT2D eigenvalue weighted by molar-refractivity contribution is 5.54. The van der Waals surface area contributed by atoms with Gasteiger partial charge in [0.2, 0.25) is 0 Å². The van der Waals surface area contributed by atoms with Crippen molar-refractivity contribution in [2.24, 2.45) is 10.8 Å². The van der Waals surface area contributed by atoms with Gasteiger partial charge in [0.15, 0.2) is 0 Å². The zero-order valence-electron chi connectivity index (χ0n) is 4.31. The van der Waals surface area contributed by atoms with Gasteiger partial charge in [0.25, 0.3) is 0 Å². The molecule has 0 amide bonds. The number of nitrogens with zero attached hydrogens (tertiary/aromatic N) is 1. The van der Waals surface area contributed by atoms with Crippen molar-refractivity contribution in [3.05, 3.63) is 12.3 Å². The molecule has 0 spiro atoms. The Morgan fingerprint density at radius 3 is 2.71 bits per heavy atom. The molecule has 3 nitrogen and oxygen atoms in total. The lowest BCUT2D eigenvalue weighted by molar-refractivity contribution is 1.05. The number of nitrogens with two attached hydrogens (primary N) is 1. The van der Waals surface area contributed by atoms with Crippen LogP contribution in [0, 0.1) is 0 Å². The minimum Gasteiger partial charge on any atom is -0.315 e. The standard InChI is InChI=1S/C4H9N3/c1-4(2)6-3-7-5/h3H,1,5H2,2H3,(H,6,7). The van der Waals surface area contributed by atoms with E-state index in [4.69, 9.17) is 5.84 Å². The van der Waals surface area contributed by atoms with E-state index >= 15 is 0 Å². The van der Waals surface area contributed by atoms with Crippen molar-refractivity contribution in [1.82, 2.24) is 5.43 Å². The van der Waals surface area contributed by atoms with Crippen LogP contribution in [-0.2, 0) is 0 Å². The van der Waals surface area contributed by atoms with Crippen molar-refractivity contribution in [3.63, 3.8) is 0 Å². The van der Waals surface area contributed by atoms with Crippen LogP contribution >= 0.6 is 0 Å². The zero-order chi connectivity index (χ0) is 5.70. The Bertz CT molecular complexity index is 84.9. The molecule has 0 radical (unpaired) electrons. The van der Waals surface area contributed by atoms with Crippen molar-refractivity contribution >= 4 is 6.34 Å². The summed E-state index contributed by atoms with van der Waals surface area (Å²) in [5.41, 5.74) is 2.98. The third-order valence-corrected chi connectivity index (χ3v) is 0.359. The smallest absolute Gasteiger partial charge is 0.102 e. The van der Waals surface area contributed by atoms with Crippen LogP contribution < -0.4 is 11.3 Å². The molecule has 0 fully saturated rings. The first-order chi connectivity index (χ1) is 3.27. The van der Waals surface area contributed by atoms with Gasteiger partial charge in [-0.1, -0.05) is 6.58 Å². The number of allylic oxidation sites excluding steroid dienone is 1. The molecule has 3 heteroatoms. The number of aliphatic imine (C=N–C) groups is 1. The Hall–Kier alpha value is -0.830. The number of hydrazine groups is 1. The van der Waals surface area contributed by atoms with Crippen LogP contribution in [0.25, 0.3) is 0 Å². The van der Waals surface area contributed by atoms with E-state index in [1.54, 1.807) is 6.92 Å². The maximum atomic E-state index is 4.84. The van der Waals surface area contributed by atoms with Crippen LogP contribution in [0.15, 0.2) is 17.3 Å². The topological polar surface area (TPSA) is 50.4 Å². The normalized spacial score (nSPS) is 9.43. The minimum atomic E-state index is 0.734. The number of hydrogen-bond acceptors (Lipinski definition) is 2. The van der Waals surface area contributed by atoms with Crippen molar-refractivity contribution in [3.8, 4) is 0 Å². The van der Waals surface area contributed by atoms with Gasteiger partial charge in [-0.15, -0.1) is 0 Å². The van der Waals surface area contributed by atoms with Crippen molar-refractivity contribution < 1.29 is 0 Å². The van der Waals surface area contributed by atoms with Crippen LogP contribution in [0.1, 0.15) is 6.92 Å². The average molecular weight is 99.1 g/mol. The summed E-state index contributed by atoms with van der Waals surface area (Å²) in [7, 11) is 0. The van der Waals surface area contributed by atoms with Crippen molar-refractivity contribution in [2.75, 3.05) is 0 Å². The molecule has 0 aromatic heterocycles. The van der Waals surface area contributed by atoms with Gasteiger partial charge >= 0.3 is 0 Å². The molecule has 0 aromatic rings. The third kappa shape index (κ3) is 5.17. The van der Waals surface area contributed by atoms with Crippen LogP contribution in [0.5, 0.6) is 0 Å². The molecular weight excluding hydrogens is 90.1 g/mol. The van der Waals surface area contributed by atoms with Gasteiger partial charge in [0.1, 0.15) is 6.34 Å². The molecule has 0 saturated carbocycles. The second-order valence-electron chi connectivity index (χ2n) is 1.16. The maximum Gasteiger partial charge on any atom is 0.102 e. The summed E-state index contributed by atoms with van der Waals surface area (Å²) in [5.74, 6) is 4.84. The quantitative estimate of drug-likeness (QED) is 0.222. The summed E-state index contributed by atoms with van der Waals surface area (Å²) in [6.45, 7) is 5.28. The zero-order valence-corrected chi connectivity index (χ0v) is 4.31. The predicted molar refractivity (Wildman–Crippen MR) is 30.6 cm³/mol. The van der Waals surface area contributed by atoms with E-state index in [1.165, 1.54) is 6.34 Å². The summed E-state index contributed by atoms with van der Waals surface area (Å²) in [5, 5.41) is 0. The van der Waals surface area contributed by atoms with Gasteiger partial charge in [-0.05, 0) is 6.92 Å². The first kappa shape index (κ1) is 6.17. The summed E-state index contributed by atoms with van der Waals surface area (Å²) >= 11 is 0. The van der Waals surface area contributed by atoms with E-state index in [1.807, 2.05) is 0 Å². The third-order valence-electron chi connectivity index (χ3n) is 0.359. The molecule has 0 saturated heterocycles. The lowest BCUT2D eigenvalue weighted by Crippen LogP contribution is -2.18. The minimum absolute atomic E-state index is 0.734. The molecule has 0 rings (SSSR count). The Balaban J connectivity index is 3.26. The molecule has 0 aliphatic heterocycles.